The zero-order valence-electron chi connectivity index (χ0n) is 12.5. The van der Waals surface area contributed by atoms with Crippen LogP contribution in [0.1, 0.15) is 60.9 Å². The molecule has 0 saturated heterocycles. The molecule has 2 nitrogen and oxygen atoms in total. The van der Waals surface area contributed by atoms with E-state index in [-0.39, 0.29) is 5.41 Å². The second-order valence-corrected chi connectivity index (χ2v) is 7.24. The van der Waals surface area contributed by atoms with Crippen molar-refractivity contribution in [2.24, 2.45) is 16.7 Å². The van der Waals surface area contributed by atoms with Crippen LogP contribution in [0.2, 0.25) is 0 Å². The first-order valence-electron chi connectivity index (χ1n) is 6.62. The lowest BCUT2D eigenvalue weighted by Crippen LogP contribution is -2.31. The van der Waals surface area contributed by atoms with E-state index >= 15 is 0 Å². The van der Waals surface area contributed by atoms with Crippen molar-refractivity contribution in [2.75, 3.05) is 0 Å². The standard InChI is InChI=1S/C15H28N2/c1-12(2)15(6,7)10-13(14(3,4)5)17-9-8-16-11-17/h8-9,11-13H,10H2,1-7H3. The first-order chi connectivity index (χ1) is 7.64. The van der Waals surface area contributed by atoms with E-state index in [0.717, 1.165) is 0 Å². The molecule has 98 valence electrons. The minimum atomic E-state index is 0.257. The van der Waals surface area contributed by atoms with Crippen LogP contribution in [0.3, 0.4) is 0 Å². The summed E-state index contributed by atoms with van der Waals surface area (Å²) in [4.78, 5) is 4.19. The van der Waals surface area contributed by atoms with Gasteiger partial charge in [-0.3, -0.25) is 0 Å². The van der Waals surface area contributed by atoms with E-state index in [2.05, 4.69) is 64.2 Å². The van der Waals surface area contributed by atoms with Crippen molar-refractivity contribution in [1.82, 2.24) is 9.55 Å². The van der Waals surface area contributed by atoms with Crippen molar-refractivity contribution in [2.45, 2.75) is 60.9 Å². The zero-order chi connectivity index (χ0) is 13.3. The molecule has 0 saturated carbocycles. The van der Waals surface area contributed by atoms with Gasteiger partial charge >= 0.3 is 0 Å². The Morgan fingerprint density at radius 2 is 1.71 bits per heavy atom. The normalized spacial score (nSPS) is 15.3. The summed E-state index contributed by atoms with van der Waals surface area (Å²) in [7, 11) is 0. The van der Waals surface area contributed by atoms with Gasteiger partial charge in [0.15, 0.2) is 0 Å². The van der Waals surface area contributed by atoms with Gasteiger partial charge in [0.25, 0.3) is 0 Å². The molecule has 0 aromatic carbocycles. The molecule has 1 atom stereocenters. The topological polar surface area (TPSA) is 17.8 Å². The zero-order valence-corrected chi connectivity index (χ0v) is 12.5. The number of hydrogen-bond acceptors (Lipinski definition) is 1. The van der Waals surface area contributed by atoms with Crippen molar-refractivity contribution in [1.29, 1.82) is 0 Å². The second-order valence-electron chi connectivity index (χ2n) is 7.24. The van der Waals surface area contributed by atoms with Crippen molar-refractivity contribution < 1.29 is 0 Å². The summed E-state index contributed by atoms with van der Waals surface area (Å²) in [6.07, 6.45) is 7.10. The summed E-state index contributed by atoms with van der Waals surface area (Å²) in [5.41, 5.74) is 0.606. The van der Waals surface area contributed by atoms with Crippen molar-refractivity contribution in [3.05, 3.63) is 18.7 Å². The van der Waals surface area contributed by atoms with Crippen molar-refractivity contribution in [3.8, 4) is 0 Å². The summed E-state index contributed by atoms with van der Waals surface area (Å²) in [5, 5.41) is 0. The van der Waals surface area contributed by atoms with Gasteiger partial charge in [0.2, 0.25) is 0 Å². The van der Waals surface area contributed by atoms with Crippen LogP contribution in [0.5, 0.6) is 0 Å². The third-order valence-electron chi connectivity index (χ3n) is 4.17. The minimum absolute atomic E-state index is 0.257. The van der Waals surface area contributed by atoms with Crippen molar-refractivity contribution in [3.63, 3.8) is 0 Å². The number of hydrogen-bond donors (Lipinski definition) is 0. The molecule has 17 heavy (non-hydrogen) atoms. The van der Waals surface area contributed by atoms with Crippen LogP contribution in [0.15, 0.2) is 18.7 Å². The van der Waals surface area contributed by atoms with E-state index < -0.39 is 0 Å². The van der Waals surface area contributed by atoms with Crippen LogP contribution in [0, 0.1) is 16.7 Å². The quantitative estimate of drug-likeness (QED) is 0.750. The number of imidazole rings is 1. The minimum Gasteiger partial charge on any atom is -0.334 e. The van der Waals surface area contributed by atoms with Gasteiger partial charge in [0, 0.05) is 18.4 Å². The van der Waals surface area contributed by atoms with Crippen LogP contribution in [-0.2, 0) is 0 Å². The SMILES string of the molecule is CC(C)C(C)(C)CC(n1ccnc1)C(C)(C)C. The molecule has 1 aromatic rings. The fraction of sp³-hybridized carbons (Fsp3) is 0.800. The highest BCUT2D eigenvalue weighted by molar-refractivity contribution is 4.90. The fourth-order valence-corrected chi connectivity index (χ4v) is 2.05. The average Bonchev–Trinajstić information content (AvgIpc) is 2.64. The lowest BCUT2D eigenvalue weighted by atomic mass is 9.71. The fourth-order valence-electron chi connectivity index (χ4n) is 2.05. The Hall–Kier alpha value is -0.790. The maximum absolute atomic E-state index is 4.19. The van der Waals surface area contributed by atoms with Gasteiger partial charge in [-0.05, 0) is 23.2 Å². The van der Waals surface area contributed by atoms with Crippen molar-refractivity contribution >= 4 is 0 Å². The molecule has 0 amide bonds. The first-order valence-corrected chi connectivity index (χ1v) is 6.62. The molecule has 0 aliphatic carbocycles. The molecule has 0 aliphatic rings. The van der Waals surface area contributed by atoms with E-state index in [4.69, 9.17) is 0 Å². The van der Waals surface area contributed by atoms with Crippen LogP contribution >= 0.6 is 0 Å². The molecule has 0 N–H and O–H groups in total. The van der Waals surface area contributed by atoms with Gasteiger partial charge < -0.3 is 4.57 Å². The van der Waals surface area contributed by atoms with E-state index in [1.54, 1.807) is 0 Å². The highest BCUT2D eigenvalue weighted by Crippen LogP contribution is 2.42. The highest BCUT2D eigenvalue weighted by atomic mass is 15.1. The van der Waals surface area contributed by atoms with E-state index in [1.165, 1.54) is 6.42 Å². The summed E-state index contributed by atoms with van der Waals surface area (Å²) < 4.78 is 2.27. The summed E-state index contributed by atoms with van der Waals surface area (Å²) in [6.45, 7) is 16.3. The molecule has 0 radical (unpaired) electrons. The maximum Gasteiger partial charge on any atom is 0.0948 e. The molecule has 2 heteroatoms. The van der Waals surface area contributed by atoms with Crippen LogP contribution < -0.4 is 0 Å². The molecule has 0 aliphatic heterocycles. The Balaban J connectivity index is 2.95. The lowest BCUT2D eigenvalue weighted by molar-refractivity contribution is 0.124. The van der Waals surface area contributed by atoms with Crippen LogP contribution in [0.25, 0.3) is 0 Å². The number of nitrogens with zero attached hydrogens (tertiary/aromatic N) is 2. The van der Waals surface area contributed by atoms with E-state index in [0.29, 0.717) is 17.4 Å². The third kappa shape index (κ3) is 3.58. The smallest absolute Gasteiger partial charge is 0.0948 e. The Morgan fingerprint density at radius 3 is 2.06 bits per heavy atom. The monoisotopic (exact) mass is 236 g/mol. The molecule has 1 rings (SSSR count). The highest BCUT2D eigenvalue weighted by Gasteiger charge is 2.33. The van der Waals surface area contributed by atoms with Gasteiger partial charge in [0.1, 0.15) is 0 Å². The molecular weight excluding hydrogens is 208 g/mol. The molecule has 1 heterocycles. The largest absolute Gasteiger partial charge is 0.334 e. The molecule has 1 aromatic heterocycles. The Bertz CT molecular complexity index is 328. The molecule has 0 bridgehead atoms. The molecule has 0 fully saturated rings. The molecular formula is C15H28N2. The Kier molecular flexibility index (Phi) is 4.06. The molecule has 0 spiro atoms. The predicted octanol–water partition coefficient (Wildman–Crippen LogP) is 4.54. The Morgan fingerprint density at radius 1 is 1.12 bits per heavy atom. The number of rotatable bonds is 4. The van der Waals surface area contributed by atoms with E-state index in [9.17, 15) is 0 Å². The second kappa shape index (κ2) is 4.83. The van der Waals surface area contributed by atoms with Gasteiger partial charge in [0.05, 0.1) is 6.33 Å². The van der Waals surface area contributed by atoms with Gasteiger partial charge in [-0.1, -0.05) is 48.5 Å². The van der Waals surface area contributed by atoms with Crippen LogP contribution in [-0.4, -0.2) is 9.55 Å². The summed E-state index contributed by atoms with van der Waals surface area (Å²) in [5.74, 6) is 0.691. The van der Waals surface area contributed by atoms with Gasteiger partial charge in [-0.2, -0.15) is 0 Å². The third-order valence-corrected chi connectivity index (χ3v) is 4.17. The van der Waals surface area contributed by atoms with E-state index in [1.807, 2.05) is 12.5 Å². The lowest BCUT2D eigenvalue weighted by Gasteiger charge is -2.40. The maximum atomic E-state index is 4.19. The average molecular weight is 236 g/mol. The first kappa shape index (κ1) is 14.3. The summed E-state index contributed by atoms with van der Waals surface area (Å²) in [6, 6.07) is 0.502. The predicted molar refractivity (Wildman–Crippen MR) is 74.0 cm³/mol. The Labute approximate surface area is 106 Å². The molecule has 1 unspecified atom stereocenters. The summed E-state index contributed by atoms with van der Waals surface area (Å²) >= 11 is 0. The number of aromatic nitrogens is 2. The van der Waals surface area contributed by atoms with Crippen LogP contribution in [0.4, 0.5) is 0 Å². The van der Waals surface area contributed by atoms with Gasteiger partial charge in [-0.25, -0.2) is 4.98 Å². The van der Waals surface area contributed by atoms with Gasteiger partial charge in [-0.15, -0.1) is 0 Å².